The molecule has 1 aromatic rings. The van der Waals surface area contributed by atoms with Gasteiger partial charge in [-0.05, 0) is 49.3 Å². The minimum atomic E-state index is -0.0838. The first-order valence-electron chi connectivity index (χ1n) is 6.67. The average molecular weight is 293 g/mol. The summed E-state index contributed by atoms with van der Waals surface area (Å²) in [6.07, 6.45) is 2.47. The van der Waals surface area contributed by atoms with Gasteiger partial charge in [0, 0.05) is 31.5 Å². The van der Waals surface area contributed by atoms with Crippen molar-refractivity contribution in [2.75, 3.05) is 23.8 Å². The van der Waals surface area contributed by atoms with Gasteiger partial charge in [-0.1, -0.05) is 0 Å². The molecule has 6 heteroatoms. The molecule has 0 bridgehead atoms. The zero-order chi connectivity index (χ0) is 14.4. The quantitative estimate of drug-likeness (QED) is 0.742. The Balaban J connectivity index is 1.76. The van der Waals surface area contributed by atoms with Crippen LogP contribution in [0.15, 0.2) is 24.3 Å². The number of anilines is 2. The van der Waals surface area contributed by atoms with Gasteiger partial charge in [0.25, 0.3) is 0 Å². The van der Waals surface area contributed by atoms with Crippen LogP contribution in [-0.2, 0) is 9.53 Å². The second-order valence-electron chi connectivity index (χ2n) is 4.73. The van der Waals surface area contributed by atoms with Gasteiger partial charge in [-0.15, -0.1) is 0 Å². The highest BCUT2D eigenvalue weighted by Crippen LogP contribution is 2.14. The van der Waals surface area contributed by atoms with Crippen molar-refractivity contribution in [2.45, 2.75) is 25.9 Å². The topological polar surface area (TPSA) is 62.4 Å². The van der Waals surface area contributed by atoms with E-state index in [4.69, 9.17) is 17.0 Å². The molecule has 1 unspecified atom stereocenters. The largest absolute Gasteiger partial charge is 0.376 e. The highest BCUT2D eigenvalue weighted by atomic mass is 32.1. The molecule has 1 fully saturated rings. The number of thiocarbonyl (C=S) groups is 1. The van der Waals surface area contributed by atoms with Crippen molar-refractivity contribution >= 4 is 34.6 Å². The number of rotatable bonds is 4. The van der Waals surface area contributed by atoms with Crippen LogP contribution in [0.25, 0.3) is 0 Å². The lowest BCUT2D eigenvalue weighted by Crippen LogP contribution is -2.34. The van der Waals surface area contributed by atoms with Gasteiger partial charge in [-0.25, -0.2) is 0 Å². The molecule has 1 heterocycles. The number of carbonyl (C=O) groups is 1. The van der Waals surface area contributed by atoms with E-state index in [-0.39, 0.29) is 12.0 Å². The van der Waals surface area contributed by atoms with E-state index in [0.717, 1.165) is 37.4 Å². The van der Waals surface area contributed by atoms with E-state index in [0.29, 0.717) is 5.11 Å². The Morgan fingerprint density at radius 3 is 2.50 bits per heavy atom. The fraction of sp³-hybridized carbons (Fsp3) is 0.429. The molecule has 0 saturated carbocycles. The van der Waals surface area contributed by atoms with Crippen LogP contribution in [0, 0.1) is 0 Å². The Labute approximate surface area is 124 Å². The summed E-state index contributed by atoms with van der Waals surface area (Å²) >= 11 is 5.23. The summed E-state index contributed by atoms with van der Waals surface area (Å²) in [5.41, 5.74) is 1.64. The molecule has 108 valence electrons. The monoisotopic (exact) mass is 293 g/mol. The first-order valence-corrected chi connectivity index (χ1v) is 7.08. The van der Waals surface area contributed by atoms with E-state index >= 15 is 0 Å². The Morgan fingerprint density at radius 2 is 1.95 bits per heavy atom. The standard InChI is InChI=1S/C14H19N3O2S/c1-10(18)16-11-4-6-12(7-5-11)17-14(20)15-9-13-3-2-8-19-13/h4-7,13H,2-3,8-9H2,1H3,(H,16,18)(H2,15,17,20). The predicted molar refractivity (Wildman–Crippen MR) is 83.9 cm³/mol. The molecular weight excluding hydrogens is 274 g/mol. The zero-order valence-corrected chi connectivity index (χ0v) is 12.3. The molecule has 0 aromatic heterocycles. The Hall–Kier alpha value is -1.66. The molecule has 1 aromatic carbocycles. The van der Waals surface area contributed by atoms with Crippen LogP contribution in [0.2, 0.25) is 0 Å². The normalized spacial score (nSPS) is 17.6. The van der Waals surface area contributed by atoms with Crippen LogP contribution in [0.5, 0.6) is 0 Å². The third-order valence-corrected chi connectivity index (χ3v) is 3.22. The number of hydrogen-bond acceptors (Lipinski definition) is 3. The number of ether oxygens (including phenoxy) is 1. The van der Waals surface area contributed by atoms with Crippen LogP contribution in [-0.4, -0.2) is 30.3 Å². The smallest absolute Gasteiger partial charge is 0.221 e. The lowest BCUT2D eigenvalue weighted by atomic mass is 10.2. The fourth-order valence-corrected chi connectivity index (χ4v) is 2.23. The van der Waals surface area contributed by atoms with Gasteiger partial charge in [-0.2, -0.15) is 0 Å². The van der Waals surface area contributed by atoms with Crippen LogP contribution < -0.4 is 16.0 Å². The maximum absolute atomic E-state index is 10.9. The molecule has 20 heavy (non-hydrogen) atoms. The summed E-state index contributed by atoms with van der Waals surface area (Å²) in [6, 6.07) is 7.38. The minimum Gasteiger partial charge on any atom is -0.376 e. The van der Waals surface area contributed by atoms with Crippen molar-refractivity contribution < 1.29 is 9.53 Å². The third kappa shape index (κ3) is 4.79. The molecule has 0 aliphatic carbocycles. The first kappa shape index (κ1) is 14.7. The predicted octanol–water partition coefficient (Wildman–Crippen LogP) is 2.11. The molecule has 1 atom stereocenters. The van der Waals surface area contributed by atoms with Gasteiger partial charge in [-0.3, -0.25) is 4.79 Å². The van der Waals surface area contributed by atoms with Crippen molar-refractivity contribution in [2.24, 2.45) is 0 Å². The minimum absolute atomic E-state index is 0.0838. The van der Waals surface area contributed by atoms with E-state index in [1.165, 1.54) is 6.92 Å². The summed E-state index contributed by atoms with van der Waals surface area (Å²) in [5, 5.41) is 9.54. The second-order valence-corrected chi connectivity index (χ2v) is 5.14. The van der Waals surface area contributed by atoms with Crippen molar-refractivity contribution in [1.29, 1.82) is 0 Å². The first-order chi connectivity index (χ1) is 9.63. The number of amides is 1. The fourth-order valence-electron chi connectivity index (χ4n) is 2.03. The second kappa shape index (κ2) is 7.21. The van der Waals surface area contributed by atoms with E-state index in [2.05, 4.69) is 16.0 Å². The van der Waals surface area contributed by atoms with Crippen molar-refractivity contribution in [3.8, 4) is 0 Å². The van der Waals surface area contributed by atoms with E-state index in [9.17, 15) is 4.79 Å². The number of nitrogens with one attached hydrogen (secondary N) is 3. The van der Waals surface area contributed by atoms with Crippen molar-refractivity contribution in [3.05, 3.63) is 24.3 Å². The molecule has 1 aliphatic rings. The summed E-state index contributed by atoms with van der Waals surface area (Å²) in [6.45, 7) is 3.06. The van der Waals surface area contributed by atoms with Crippen LogP contribution >= 0.6 is 12.2 Å². The molecule has 0 radical (unpaired) electrons. The number of benzene rings is 1. The van der Waals surface area contributed by atoms with Gasteiger partial charge in [0.05, 0.1) is 6.10 Å². The highest BCUT2D eigenvalue weighted by molar-refractivity contribution is 7.80. The summed E-state index contributed by atoms with van der Waals surface area (Å²) in [5.74, 6) is -0.0838. The lowest BCUT2D eigenvalue weighted by Gasteiger charge is -2.14. The molecule has 5 nitrogen and oxygen atoms in total. The zero-order valence-electron chi connectivity index (χ0n) is 11.4. The molecule has 0 spiro atoms. The van der Waals surface area contributed by atoms with Crippen molar-refractivity contribution in [1.82, 2.24) is 5.32 Å². The number of carbonyl (C=O) groups excluding carboxylic acids is 1. The van der Waals surface area contributed by atoms with E-state index < -0.39 is 0 Å². The Morgan fingerprint density at radius 1 is 1.30 bits per heavy atom. The van der Waals surface area contributed by atoms with Gasteiger partial charge in [0.1, 0.15) is 0 Å². The lowest BCUT2D eigenvalue weighted by molar-refractivity contribution is -0.114. The molecule has 3 N–H and O–H groups in total. The van der Waals surface area contributed by atoms with E-state index in [1.807, 2.05) is 24.3 Å². The van der Waals surface area contributed by atoms with E-state index in [1.54, 1.807) is 0 Å². The maximum atomic E-state index is 10.9. The summed E-state index contributed by atoms with van der Waals surface area (Å²) < 4.78 is 5.52. The Kier molecular flexibility index (Phi) is 5.31. The summed E-state index contributed by atoms with van der Waals surface area (Å²) in [7, 11) is 0. The Bertz CT molecular complexity index is 470. The number of hydrogen-bond donors (Lipinski definition) is 3. The van der Waals surface area contributed by atoms with Gasteiger partial charge >= 0.3 is 0 Å². The molecule has 1 saturated heterocycles. The van der Waals surface area contributed by atoms with Crippen LogP contribution in [0.4, 0.5) is 11.4 Å². The van der Waals surface area contributed by atoms with Gasteiger partial charge in [0.2, 0.25) is 5.91 Å². The molecule has 2 rings (SSSR count). The van der Waals surface area contributed by atoms with Gasteiger partial charge in [0.15, 0.2) is 5.11 Å². The highest BCUT2D eigenvalue weighted by Gasteiger charge is 2.15. The van der Waals surface area contributed by atoms with Crippen LogP contribution in [0.1, 0.15) is 19.8 Å². The summed E-state index contributed by atoms with van der Waals surface area (Å²) in [4.78, 5) is 10.9. The molecular formula is C14H19N3O2S. The SMILES string of the molecule is CC(=O)Nc1ccc(NC(=S)NCC2CCCO2)cc1. The maximum Gasteiger partial charge on any atom is 0.221 e. The molecule has 1 amide bonds. The molecule has 1 aliphatic heterocycles. The average Bonchev–Trinajstić information content (AvgIpc) is 2.91. The van der Waals surface area contributed by atoms with Crippen molar-refractivity contribution in [3.63, 3.8) is 0 Å². The van der Waals surface area contributed by atoms with Gasteiger partial charge < -0.3 is 20.7 Å². The van der Waals surface area contributed by atoms with Crippen LogP contribution in [0.3, 0.4) is 0 Å². The third-order valence-electron chi connectivity index (χ3n) is 2.98.